The first-order valence-corrected chi connectivity index (χ1v) is 6.40. The Kier molecular flexibility index (Phi) is 6.89. The first kappa shape index (κ1) is 16.9. The lowest BCUT2D eigenvalue weighted by atomic mass is 10.1. The Balaban J connectivity index is 0.000000331. The average Bonchev–Trinajstić information content (AvgIpc) is 2.26. The van der Waals surface area contributed by atoms with Crippen LogP contribution in [0.4, 0.5) is 13.2 Å². The SMILES string of the molecule is NCCCc1ccccc1.O=S(=O)(O)C(F)(F)F. The first-order chi connectivity index (χ1) is 8.18. The van der Waals surface area contributed by atoms with Gasteiger partial charge in [-0.2, -0.15) is 21.6 Å². The number of aryl methyl sites for hydroxylation is 1. The van der Waals surface area contributed by atoms with Crippen molar-refractivity contribution >= 4 is 10.1 Å². The van der Waals surface area contributed by atoms with E-state index in [2.05, 4.69) is 24.3 Å². The molecule has 1 aromatic rings. The van der Waals surface area contributed by atoms with Crippen LogP contribution in [0.5, 0.6) is 0 Å². The van der Waals surface area contributed by atoms with Gasteiger partial charge in [-0.25, -0.2) is 0 Å². The fourth-order valence-electron chi connectivity index (χ4n) is 0.951. The minimum atomic E-state index is -5.84. The summed E-state index contributed by atoms with van der Waals surface area (Å²) in [5.74, 6) is 0. The average molecular weight is 285 g/mol. The van der Waals surface area contributed by atoms with E-state index in [0.29, 0.717) is 0 Å². The highest BCUT2D eigenvalue weighted by Gasteiger charge is 2.44. The van der Waals surface area contributed by atoms with Gasteiger partial charge in [0.05, 0.1) is 0 Å². The molecule has 1 aromatic carbocycles. The first-order valence-electron chi connectivity index (χ1n) is 4.96. The third kappa shape index (κ3) is 7.25. The van der Waals surface area contributed by atoms with Crippen molar-refractivity contribution < 1.29 is 26.1 Å². The van der Waals surface area contributed by atoms with Gasteiger partial charge in [-0.3, -0.25) is 4.55 Å². The summed E-state index contributed by atoms with van der Waals surface area (Å²) in [6.07, 6.45) is 2.20. The molecule has 0 radical (unpaired) electrons. The lowest BCUT2D eigenvalue weighted by Crippen LogP contribution is -2.21. The third-order valence-corrected chi connectivity index (χ3v) is 2.39. The van der Waals surface area contributed by atoms with Crippen molar-refractivity contribution in [3.63, 3.8) is 0 Å². The van der Waals surface area contributed by atoms with Crippen LogP contribution < -0.4 is 5.73 Å². The van der Waals surface area contributed by atoms with Crippen LogP contribution in [-0.2, 0) is 16.5 Å². The minimum Gasteiger partial charge on any atom is -0.330 e. The predicted molar refractivity (Wildman–Crippen MR) is 61.4 cm³/mol. The lowest BCUT2D eigenvalue weighted by molar-refractivity contribution is -0.0510. The van der Waals surface area contributed by atoms with Crippen LogP contribution in [0.3, 0.4) is 0 Å². The molecule has 104 valence electrons. The number of rotatable bonds is 3. The zero-order chi connectivity index (χ0) is 14.2. The van der Waals surface area contributed by atoms with E-state index in [1.807, 2.05) is 6.07 Å². The molecule has 0 saturated heterocycles. The molecule has 0 atom stereocenters. The van der Waals surface area contributed by atoms with Crippen LogP contribution in [0.15, 0.2) is 30.3 Å². The largest absolute Gasteiger partial charge is 0.522 e. The van der Waals surface area contributed by atoms with E-state index in [0.717, 1.165) is 19.4 Å². The summed E-state index contributed by atoms with van der Waals surface area (Å²) in [5, 5.41) is 0. The Morgan fingerprint density at radius 3 is 1.94 bits per heavy atom. The normalized spacial score (nSPS) is 11.6. The van der Waals surface area contributed by atoms with Gasteiger partial charge in [-0.05, 0) is 24.9 Å². The van der Waals surface area contributed by atoms with Gasteiger partial charge in [0.1, 0.15) is 0 Å². The molecule has 0 amide bonds. The Morgan fingerprint density at radius 1 is 1.17 bits per heavy atom. The second-order valence-corrected chi connectivity index (χ2v) is 4.71. The van der Waals surface area contributed by atoms with Crippen molar-refractivity contribution in [3.8, 4) is 0 Å². The fourth-order valence-corrected chi connectivity index (χ4v) is 0.951. The molecular formula is C10H14F3NO3S. The van der Waals surface area contributed by atoms with Crippen LogP contribution in [0.1, 0.15) is 12.0 Å². The zero-order valence-corrected chi connectivity index (χ0v) is 10.2. The zero-order valence-electron chi connectivity index (χ0n) is 9.39. The summed E-state index contributed by atoms with van der Waals surface area (Å²) in [6.45, 7) is 0.787. The number of halogens is 3. The van der Waals surface area contributed by atoms with Crippen molar-refractivity contribution in [3.05, 3.63) is 35.9 Å². The number of alkyl halides is 3. The van der Waals surface area contributed by atoms with Gasteiger partial charge < -0.3 is 5.73 Å². The number of nitrogens with two attached hydrogens (primary N) is 1. The van der Waals surface area contributed by atoms with Crippen LogP contribution in [-0.4, -0.2) is 25.0 Å². The molecule has 4 nitrogen and oxygen atoms in total. The van der Waals surface area contributed by atoms with Crippen LogP contribution in [0.25, 0.3) is 0 Å². The summed E-state index contributed by atoms with van der Waals surface area (Å²) < 4.78 is 57.5. The van der Waals surface area contributed by atoms with Crippen molar-refractivity contribution in [2.24, 2.45) is 5.73 Å². The van der Waals surface area contributed by atoms with E-state index in [-0.39, 0.29) is 0 Å². The minimum absolute atomic E-state index is 0.787. The number of hydrogen-bond donors (Lipinski definition) is 2. The summed E-state index contributed by atoms with van der Waals surface area (Å²) in [5.41, 5.74) is 1.22. The molecule has 0 aromatic heterocycles. The highest BCUT2D eigenvalue weighted by Crippen LogP contribution is 2.20. The van der Waals surface area contributed by atoms with Gasteiger partial charge >= 0.3 is 15.6 Å². The molecule has 0 aliphatic rings. The monoisotopic (exact) mass is 285 g/mol. The molecule has 0 bridgehead atoms. The molecule has 0 aliphatic heterocycles. The third-order valence-electron chi connectivity index (χ3n) is 1.80. The van der Waals surface area contributed by atoms with E-state index in [1.165, 1.54) is 5.56 Å². The maximum Gasteiger partial charge on any atom is 0.522 e. The molecule has 0 unspecified atom stereocenters. The second-order valence-electron chi connectivity index (χ2n) is 3.30. The van der Waals surface area contributed by atoms with Crippen molar-refractivity contribution in [1.29, 1.82) is 0 Å². The Hall–Kier alpha value is -1.12. The Morgan fingerprint density at radius 2 is 1.61 bits per heavy atom. The summed E-state index contributed by atoms with van der Waals surface area (Å²) >= 11 is 0. The Bertz CT molecular complexity index is 431. The van der Waals surface area contributed by atoms with Gasteiger partial charge in [-0.1, -0.05) is 30.3 Å². The molecular weight excluding hydrogens is 271 g/mol. The maximum absolute atomic E-state index is 10.7. The molecule has 0 heterocycles. The van der Waals surface area contributed by atoms with Crippen molar-refractivity contribution in [2.75, 3.05) is 6.54 Å². The molecule has 1 rings (SSSR count). The standard InChI is InChI=1S/C9H13N.CHF3O3S/c10-8-4-7-9-5-2-1-3-6-9;2-1(3,4)8(5,6)7/h1-3,5-6H,4,7-8,10H2;(H,5,6,7). The van der Waals surface area contributed by atoms with Gasteiger partial charge in [-0.15, -0.1) is 0 Å². The maximum atomic E-state index is 10.7. The number of hydrogen-bond acceptors (Lipinski definition) is 3. The van der Waals surface area contributed by atoms with E-state index in [4.69, 9.17) is 18.7 Å². The van der Waals surface area contributed by atoms with Crippen molar-refractivity contribution in [2.45, 2.75) is 18.3 Å². The van der Waals surface area contributed by atoms with Gasteiger partial charge in [0.2, 0.25) is 0 Å². The van der Waals surface area contributed by atoms with E-state index in [1.54, 1.807) is 0 Å². The smallest absolute Gasteiger partial charge is 0.330 e. The van der Waals surface area contributed by atoms with E-state index in [9.17, 15) is 13.2 Å². The lowest BCUT2D eigenvalue weighted by Gasteiger charge is -1.97. The fraction of sp³-hybridized carbons (Fsp3) is 0.400. The summed E-state index contributed by atoms with van der Waals surface area (Å²) in [4.78, 5) is 0. The van der Waals surface area contributed by atoms with Gasteiger partial charge in [0.15, 0.2) is 0 Å². The van der Waals surface area contributed by atoms with E-state index >= 15 is 0 Å². The molecule has 0 saturated carbocycles. The quantitative estimate of drug-likeness (QED) is 0.657. The van der Waals surface area contributed by atoms with Crippen molar-refractivity contribution in [1.82, 2.24) is 0 Å². The van der Waals surface area contributed by atoms with Gasteiger partial charge in [0, 0.05) is 0 Å². The molecule has 8 heteroatoms. The summed E-state index contributed by atoms with van der Waals surface area (Å²) in [6, 6.07) is 10.4. The second kappa shape index (κ2) is 7.34. The van der Waals surface area contributed by atoms with Crippen LogP contribution >= 0.6 is 0 Å². The highest BCUT2D eigenvalue weighted by molar-refractivity contribution is 7.86. The molecule has 3 N–H and O–H groups in total. The summed E-state index contributed by atoms with van der Waals surface area (Å²) in [7, 11) is -5.84. The Labute approximate surface area is 103 Å². The van der Waals surface area contributed by atoms with Crippen LogP contribution in [0.2, 0.25) is 0 Å². The molecule has 0 aliphatic carbocycles. The van der Waals surface area contributed by atoms with E-state index < -0.39 is 15.6 Å². The predicted octanol–water partition coefficient (Wildman–Crippen LogP) is 1.97. The van der Waals surface area contributed by atoms with Gasteiger partial charge in [0.25, 0.3) is 0 Å². The van der Waals surface area contributed by atoms with Crippen LogP contribution in [0, 0.1) is 0 Å². The highest BCUT2D eigenvalue weighted by atomic mass is 32.2. The molecule has 18 heavy (non-hydrogen) atoms. The molecule has 0 spiro atoms. The molecule has 0 fully saturated rings. The topological polar surface area (TPSA) is 80.4 Å². The number of benzene rings is 1.